The first-order chi connectivity index (χ1) is 8.20. The molecule has 0 atom stereocenters. The van der Waals surface area contributed by atoms with Gasteiger partial charge >= 0.3 is 0 Å². The molecule has 0 fully saturated rings. The molecule has 1 heterocycles. The van der Waals surface area contributed by atoms with E-state index < -0.39 is 0 Å². The summed E-state index contributed by atoms with van der Waals surface area (Å²) < 4.78 is 0. The molecule has 0 saturated carbocycles. The van der Waals surface area contributed by atoms with E-state index >= 15 is 0 Å². The van der Waals surface area contributed by atoms with Gasteiger partial charge in [0.2, 0.25) is 0 Å². The molecule has 0 N–H and O–H groups in total. The van der Waals surface area contributed by atoms with Gasteiger partial charge in [0, 0.05) is 35.9 Å². The summed E-state index contributed by atoms with van der Waals surface area (Å²) in [5, 5.41) is 0. The van der Waals surface area contributed by atoms with E-state index in [1.54, 1.807) is 0 Å². The van der Waals surface area contributed by atoms with E-state index in [2.05, 4.69) is 72.2 Å². The van der Waals surface area contributed by atoms with Gasteiger partial charge in [-0.05, 0) is 39.5 Å². The third kappa shape index (κ3) is 2.43. The van der Waals surface area contributed by atoms with Crippen molar-refractivity contribution in [1.29, 1.82) is 0 Å². The van der Waals surface area contributed by atoms with Gasteiger partial charge in [-0.25, -0.2) is 0 Å². The fourth-order valence-electron chi connectivity index (χ4n) is 3.00. The van der Waals surface area contributed by atoms with Crippen molar-refractivity contribution >= 4 is 0 Å². The van der Waals surface area contributed by atoms with Crippen molar-refractivity contribution < 1.29 is 0 Å². The van der Waals surface area contributed by atoms with Crippen LogP contribution in [0.15, 0.2) is 22.8 Å². The molecule has 0 saturated heterocycles. The lowest BCUT2D eigenvalue weighted by Crippen LogP contribution is -2.41. The zero-order valence-electron chi connectivity index (χ0n) is 13.6. The molecular weight excluding hydrogens is 220 g/mol. The van der Waals surface area contributed by atoms with E-state index in [-0.39, 0.29) is 0 Å². The second-order valence-electron chi connectivity index (χ2n) is 6.27. The summed E-state index contributed by atoms with van der Waals surface area (Å²) in [6.07, 6.45) is 0. The van der Waals surface area contributed by atoms with Crippen molar-refractivity contribution in [3.63, 3.8) is 0 Å². The van der Waals surface area contributed by atoms with E-state index in [1.165, 1.54) is 22.8 Å². The Morgan fingerprint density at radius 2 is 1.17 bits per heavy atom. The number of hydrogen-bond donors (Lipinski definition) is 0. The highest BCUT2D eigenvalue weighted by Crippen LogP contribution is 2.37. The smallest absolute Gasteiger partial charge is 0.0404 e. The molecule has 2 nitrogen and oxygen atoms in total. The molecule has 1 rings (SSSR count). The van der Waals surface area contributed by atoms with Crippen LogP contribution in [-0.4, -0.2) is 22.9 Å². The van der Waals surface area contributed by atoms with E-state index in [9.17, 15) is 0 Å². The number of allylic oxidation sites excluding steroid dienone is 4. The van der Waals surface area contributed by atoms with Gasteiger partial charge < -0.3 is 9.80 Å². The lowest BCUT2D eigenvalue weighted by Gasteiger charge is -2.45. The average Bonchev–Trinajstić information content (AvgIpc) is 2.23. The number of rotatable bonds is 3. The minimum absolute atomic E-state index is 0.514. The highest BCUT2D eigenvalue weighted by Gasteiger charge is 2.31. The summed E-state index contributed by atoms with van der Waals surface area (Å²) in [7, 11) is 2.20. The Morgan fingerprint density at radius 1 is 0.722 bits per heavy atom. The molecule has 0 aromatic rings. The zero-order valence-corrected chi connectivity index (χ0v) is 13.6. The van der Waals surface area contributed by atoms with Crippen molar-refractivity contribution in [3.05, 3.63) is 22.8 Å². The molecule has 104 valence electrons. The van der Waals surface area contributed by atoms with E-state index in [1.807, 2.05) is 0 Å². The monoisotopic (exact) mass is 250 g/mol. The maximum atomic E-state index is 2.52. The number of nitrogens with zero attached hydrogens (tertiary/aromatic N) is 2. The molecule has 0 aromatic heterocycles. The summed E-state index contributed by atoms with van der Waals surface area (Å²) in [6.45, 7) is 18.2. The van der Waals surface area contributed by atoms with Gasteiger partial charge in [0.05, 0.1) is 0 Å². The van der Waals surface area contributed by atoms with Gasteiger partial charge in [-0.1, -0.05) is 27.7 Å². The second-order valence-corrected chi connectivity index (χ2v) is 6.27. The van der Waals surface area contributed by atoms with Crippen LogP contribution >= 0.6 is 0 Å². The van der Waals surface area contributed by atoms with Crippen molar-refractivity contribution in [2.45, 2.75) is 61.4 Å². The summed E-state index contributed by atoms with van der Waals surface area (Å²) in [6, 6.07) is 0.514. The van der Waals surface area contributed by atoms with E-state index in [4.69, 9.17) is 0 Å². The van der Waals surface area contributed by atoms with Gasteiger partial charge in [-0.15, -0.1) is 0 Å². The van der Waals surface area contributed by atoms with E-state index in [0.29, 0.717) is 17.9 Å². The molecular formula is C16H30N2. The van der Waals surface area contributed by atoms with Crippen LogP contribution in [0, 0.1) is 11.8 Å². The molecule has 0 unspecified atom stereocenters. The summed E-state index contributed by atoms with van der Waals surface area (Å²) >= 11 is 0. The molecule has 0 amide bonds. The Balaban J connectivity index is 3.46. The summed E-state index contributed by atoms with van der Waals surface area (Å²) in [5.41, 5.74) is 5.73. The second kappa shape index (κ2) is 5.38. The Labute approximate surface area is 113 Å². The molecule has 0 spiro atoms. The average molecular weight is 250 g/mol. The normalized spacial score (nSPS) is 18.0. The third-order valence-corrected chi connectivity index (χ3v) is 3.88. The van der Waals surface area contributed by atoms with Crippen molar-refractivity contribution in [3.8, 4) is 0 Å². The van der Waals surface area contributed by atoms with Crippen LogP contribution in [0.1, 0.15) is 55.4 Å². The first kappa shape index (κ1) is 15.1. The molecule has 1 aliphatic heterocycles. The van der Waals surface area contributed by atoms with Gasteiger partial charge in [0.1, 0.15) is 0 Å². The Hall–Kier alpha value is -0.920. The van der Waals surface area contributed by atoms with Crippen molar-refractivity contribution in [1.82, 2.24) is 9.80 Å². The first-order valence-electron chi connectivity index (χ1n) is 7.14. The minimum Gasteiger partial charge on any atom is -0.349 e. The largest absolute Gasteiger partial charge is 0.349 e. The highest BCUT2D eigenvalue weighted by atomic mass is 15.3. The van der Waals surface area contributed by atoms with Crippen LogP contribution < -0.4 is 0 Å². The topological polar surface area (TPSA) is 6.48 Å². The van der Waals surface area contributed by atoms with Crippen LogP contribution in [0.25, 0.3) is 0 Å². The minimum atomic E-state index is 0.514. The molecule has 2 heteroatoms. The van der Waals surface area contributed by atoms with Gasteiger partial charge in [0.15, 0.2) is 0 Å². The van der Waals surface area contributed by atoms with Crippen LogP contribution in [0.4, 0.5) is 0 Å². The summed E-state index contributed by atoms with van der Waals surface area (Å²) in [4.78, 5) is 4.91. The summed E-state index contributed by atoms with van der Waals surface area (Å²) in [5.74, 6) is 1.10. The van der Waals surface area contributed by atoms with Gasteiger partial charge in [-0.2, -0.15) is 0 Å². The SMILES string of the molecule is CC1=C(C)N(C(C)C)C(C(C)C)=C(C(C)C)N1C. The van der Waals surface area contributed by atoms with Crippen molar-refractivity contribution in [2.24, 2.45) is 11.8 Å². The van der Waals surface area contributed by atoms with E-state index in [0.717, 1.165) is 0 Å². The third-order valence-electron chi connectivity index (χ3n) is 3.88. The maximum Gasteiger partial charge on any atom is 0.0404 e. The molecule has 1 aliphatic rings. The number of hydrogen-bond acceptors (Lipinski definition) is 2. The predicted octanol–water partition coefficient (Wildman–Crippen LogP) is 4.42. The first-order valence-corrected chi connectivity index (χ1v) is 7.14. The lowest BCUT2D eigenvalue weighted by atomic mass is 9.94. The lowest BCUT2D eigenvalue weighted by molar-refractivity contribution is 0.257. The quantitative estimate of drug-likeness (QED) is 0.731. The maximum absolute atomic E-state index is 2.52. The van der Waals surface area contributed by atoms with Crippen LogP contribution in [0.3, 0.4) is 0 Å². The fraction of sp³-hybridized carbons (Fsp3) is 0.750. The van der Waals surface area contributed by atoms with Crippen LogP contribution in [0.2, 0.25) is 0 Å². The molecule has 0 aromatic carbocycles. The molecule has 0 aliphatic carbocycles. The van der Waals surface area contributed by atoms with Crippen LogP contribution in [-0.2, 0) is 0 Å². The van der Waals surface area contributed by atoms with Gasteiger partial charge in [0.25, 0.3) is 0 Å². The molecule has 18 heavy (non-hydrogen) atoms. The van der Waals surface area contributed by atoms with Gasteiger partial charge in [-0.3, -0.25) is 0 Å². The Bertz CT molecular complexity index is 373. The molecule has 0 radical (unpaired) electrons. The fourth-order valence-corrected chi connectivity index (χ4v) is 3.00. The highest BCUT2D eigenvalue weighted by molar-refractivity contribution is 5.31. The Morgan fingerprint density at radius 3 is 1.50 bits per heavy atom. The Kier molecular flexibility index (Phi) is 4.52. The zero-order chi connectivity index (χ0) is 14.2. The van der Waals surface area contributed by atoms with Crippen molar-refractivity contribution in [2.75, 3.05) is 7.05 Å². The predicted molar refractivity (Wildman–Crippen MR) is 79.8 cm³/mol. The van der Waals surface area contributed by atoms with Crippen LogP contribution in [0.5, 0.6) is 0 Å². The standard InChI is InChI=1S/C16H30N2/c1-10(2)15-16(11(3)4)18(12(5)6)14(8)13(7)17(15)9/h10-12H,1-9H3. The molecule has 0 bridgehead atoms.